The second kappa shape index (κ2) is 7.09. The van der Waals surface area contributed by atoms with Crippen LogP contribution in [-0.4, -0.2) is 48.3 Å². The van der Waals surface area contributed by atoms with Gasteiger partial charge in [0.1, 0.15) is 0 Å². The maximum atomic E-state index is 12.4. The summed E-state index contributed by atoms with van der Waals surface area (Å²) in [5, 5.41) is 0. The van der Waals surface area contributed by atoms with Crippen molar-refractivity contribution < 1.29 is 14.3 Å². The zero-order valence-electron chi connectivity index (χ0n) is 12.4. The fourth-order valence-corrected chi connectivity index (χ4v) is 3.24. The van der Waals surface area contributed by atoms with Crippen LogP contribution in [0.5, 0.6) is 0 Å². The molecule has 2 aliphatic rings. The lowest BCUT2D eigenvalue weighted by Crippen LogP contribution is -2.32. The first-order valence-electron chi connectivity index (χ1n) is 7.96. The van der Waals surface area contributed by atoms with Gasteiger partial charge in [-0.25, -0.2) is 0 Å². The standard InChI is InChI=1S/C16H24N2O3/c19-16(7-12-21-13-5-10-20-11-6-13)18-9-2-4-15(18)14-3-1-8-17-14/h1,3,8,13,15,17H,2,4-7,9-12H2. The van der Waals surface area contributed by atoms with Crippen molar-refractivity contribution in [1.29, 1.82) is 0 Å². The molecule has 0 spiro atoms. The highest BCUT2D eigenvalue weighted by Gasteiger charge is 2.30. The Morgan fingerprint density at radius 1 is 1.38 bits per heavy atom. The van der Waals surface area contributed by atoms with Crippen molar-refractivity contribution >= 4 is 5.91 Å². The molecular formula is C16H24N2O3. The molecule has 1 atom stereocenters. The molecule has 0 bridgehead atoms. The minimum absolute atomic E-state index is 0.208. The molecular weight excluding hydrogens is 268 g/mol. The smallest absolute Gasteiger partial charge is 0.225 e. The number of ether oxygens (including phenoxy) is 2. The van der Waals surface area contributed by atoms with Gasteiger partial charge in [0.05, 0.1) is 25.2 Å². The van der Waals surface area contributed by atoms with Crippen LogP contribution in [0.1, 0.15) is 43.8 Å². The normalized spacial score (nSPS) is 23.6. The molecule has 5 nitrogen and oxygen atoms in total. The van der Waals surface area contributed by atoms with Crippen molar-refractivity contribution in [2.45, 2.75) is 44.2 Å². The van der Waals surface area contributed by atoms with E-state index < -0.39 is 0 Å². The molecule has 1 aromatic rings. The number of aromatic amines is 1. The first kappa shape index (κ1) is 14.6. The lowest BCUT2D eigenvalue weighted by molar-refractivity contribution is -0.134. The zero-order valence-corrected chi connectivity index (χ0v) is 12.4. The summed E-state index contributed by atoms with van der Waals surface area (Å²) < 4.78 is 11.1. The number of rotatable bonds is 5. The van der Waals surface area contributed by atoms with Crippen molar-refractivity contribution in [3.63, 3.8) is 0 Å². The fraction of sp³-hybridized carbons (Fsp3) is 0.688. The maximum Gasteiger partial charge on any atom is 0.225 e. The Balaban J connectivity index is 1.46. The molecule has 1 N–H and O–H groups in total. The SMILES string of the molecule is O=C(CCOC1CCOCC1)N1CCCC1c1ccc[nH]1. The van der Waals surface area contributed by atoms with Crippen molar-refractivity contribution in [1.82, 2.24) is 9.88 Å². The number of aromatic nitrogens is 1. The van der Waals surface area contributed by atoms with Gasteiger partial charge in [-0.1, -0.05) is 0 Å². The van der Waals surface area contributed by atoms with Crippen molar-refractivity contribution in [3.8, 4) is 0 Å². The van der Waals surface area contributed by atoms with Gasteiger partial charge in [-0.2, -0.15) is 0 Å². The topological polar surface area (TPSA) is 54.6 Å². The van der Waals surface area contributed by atoms with E-state index in [-0.39, 0.29) is 18.1 Å². The highest BCUT2D eigenvalue weighted by molar-refractivity contribution is 5.77. The van der Waals surface area contributed by atoms with E-state index >= 15 is 0 Å². The molecule has 0 aliphatic carbocycles. The van der Waals surface area contributed by atoms with Crippen molar-refractivity contribution in [2.75, 3.05) is 26.4 Å². The number of H-pyrrole nitrogens is 1. The number of amides is 1. The Morgan fingerprint density at radius 2 is 2.24 bits per heavy atom. The van der Waals surface area contributed by atoms with Crippen LogP contribution in [0.2, 0.25) is 0 Å². The van der Waals surface area contributed by atoms with E-state index in [1.165, 1.54) is 0 Å². The molecule has 1 amide bonds. The van der Waals surface area contributed by atoms with E-state index in [0.717, 1.165) is 51.1 Å². The molecule has 0 saturated carbocycles. The van der Waals surface area contributed by atoms with Crippen LogP contribution < -0.4 is 0 Å². The van der Waals surface area contributed by atoms with Gasteiger partial charge in [0, 0.05) is 31.6 Å². The van der Waals surface area contributed by atoms with Crippen LogP contribution in [-0.2, 0) is 14.3 Å². The third-order valence-electron chi connectivity index (χ3n) is 4.39. The number of nitrogens with one attached hydrogen (secondary N) is 1. The van der Waals surface area contributed by atoms with E-state index in [1.807, 2.05) is 17.2 Å². The van der Waals surface area contributed by atoms with E-state index in [2.05, 4.69) is 11.1 Å². The van der Waals surface area contributed by atoms with Crippen LogP contribution >= 0.6 is 0 Å². The van der Waals surface area contributed by atoms with E-state index in [9.17, 15) is 4.79 Å². The first-order chi connectivity index (χ1) is 10.3. The summed E-state index contributed by atoms with van der Waals surface area (Å²) in [6.07, 6.45) is 6.69. The number of carbonyl (C=O) groups excluding carboxylic acids is 1. The molecule has 2 fully saturated rings. The lowest BCUT2D eigenvalue weighted by atomic mass is 10.1. The number of carbonyl (C=O) groups is 1. The second-order valence-electron chi connectivity index (χ2n) is 5.80. The monoisotopic (exact) mass is 292 g/mol. The summed E-state index contributed by atoms with van der Waals surface area (Å²) in [7, 11) is 0. The van der Waals surface area contributed by atoms with Gasteiger partial charge in [-0.3, -0.25) is 4.79 Å². The maximum absolute atomic E-state index is 12.4. The van der Waals surface area contributed by atoms with Gasteiger partial charge in [-0.05, 0) is 37.8 Å². The molecule has 1 aromatic heterocycles. The predicted octanol–water partition coefficient (Wildman–Crippen LogP) is 2.26. The number of hydrogen-bond acceptors (Lipinski definition) is 3. The van der Waals surface area contributed by atoms with Crippen LogP contribution in [0.4, 0.5) is 0 Å². The van der Waals surface area contributed by atoms with E-state index in [4.69, 9.17) is 9.47 Å². The predicted molar refractivity (Wildman–Crippen MR) is 78.9 cm³/mol. The summed E-state index contributed by atoms with van der Waals surface area (Å²) in [5.41, 5.74) is 1.14. The molecule has 116 valence electrons. The fourth-order valence-electron chi connectivity index (χ4n) is 3.24. The first-order valence-corrected chi connectivity index (χ1v) is 7.96. The molecule has 1 unspecified atom stereocenters. The number of nitrogens with zero attached hydrogens (tertiary/aromatic N) is 1. The highest BCUT2D eigenvalue weighted by atomic mass is 16.5. The van der Waals surface area contributed by atoms with E-state index in [0.29, 0.717) is 13.0 Å². The summed E-state index contributed by atoms with van der Waals surface area (Å²) in [4.78, 5) is 17.6. The Morgan fingerprint density at radius 3 is 3.00 bits per heavy atom. The summed E-state index contributed by atoms with van der Waals surface area (Å²) >= 11 is 0. The van der Waals surface area contributed by atoms with Crippen LogP contribution in [0, 0.1) is 0 Å². The number of hydrogen-bond donors (Lipinski definition) is 1. The minimum atomic E-state index is 0.208. The molecule has 0 aromatic carbocycles. The van der Waals surface area contributed by atoms with Crippen LogP contribution in [0.15, 0.2) is 18.3 Å². The third kappa shape index (κ3) is 3.66. The molecule has 3 rings (SSSR count). The quantitative estimate of drug-likeness (QED) is 0.905. The minimum Gasteiger partial charge on any atom is -0.381 e. The Bertz CT molecular complexity index is 440. The van der Waals surface area contributed by atoms with Gasteiger partial charge in [0.25, 0.3) is 0 Å². The third-order valence-corrected chi connectivity index (χ3v) is 4.39. The Kier molecular flexibility index (Phi) is 4.93. The Hall–Kier alpha value is -1.33. The number of likely N-dealkylation sites (tertiary alicyclic amines) is 1. The average molecular weight is 292 g/mol. The Labute approximate surface area is 125 Å². The molecule has 0 radical (unpaired) electrons. The van der Waals surface area contributed by atoms with Gasteiger partial charge in [0.15, 0.2) is 0 Å². The van der Waals surface area contributed by atoms with Crippen molar-refractivity contribution in [3.05, 3.63) is 24.0 Å². The van der Waals surface area contributed by atoms with Crippen molar-refractivity contribution in [2.24, 2.45) is 0 Å². The van der Waals surface area contributed by atoms with Gasteiger partial charge in [-0.15, -0.1) is 0 Å². The average Bonchev–Trinajstić information content (AvgIpc) is 3.19. The van der Waals surface area contributed by atoms with Crippen LogP contribution in [0.3, 0.4) is 0 Å². The van der Waals surface area contributed by atoms with E-state index in [1.54, 1.807) is 0 Å². The second-order valence-corrected chi connectivity index (χ2v) is 5.80. The summed E-state index contributed by atoms with van der Waals surface area (Å²) in [5.74, 6) is 0.208. The molecule has 3 heterocycles. The molecule has 21 heavy (non-hydrogen) atoms. The zero-order chi connectivity index (χ0) is 14.5. The van der Waals surface area contributed by atoms with Crippen LogP contribution in [0.25, 0.3) is 0 Å². The molecule has 2 aliphatic heterocycles. The van der Waals surface area contributed by atoms with Gasteiger partial charge in [0.2, 0.25) is 5.91 Å². The lowest BCUT2D eigenvalue weighted by Gasteiger charge is -2.25. The van der Waals surface area contributed by atoms with Gasteiger partial charge < -0.3 is 19.4 Å². The molecule has 2 saturated heterocycles. The molecule has 5 heteroatoms. The largest absolute Gasteiger partial charge is 0.381 e. The van der Waals surface area contributed by atoms with Gasteiger partial charge >= 0.3 is 0 Å². The summed E-state index contributed by atoms with van der Waals surface area (Å²) in [6.45, 7) is 2.94. The summed E-state index contributed by atoms with van der Waals surface area (Å²) in [6, 6.07) is 4.27. The highest BCUT2D eigenvalue weighted by Crippen LogP contribution is 2.31.